The van der Waals surface area contributed by atoms with Gasteiger partial charge >= 0.3 is 16.5 Å². The molecule has 0 heterocycles. The van der Waals surface area contributed by atoms with Crippen molar-refractivity contribution in [1.82, 2.24) is 5.48 Å². The Balaban J connectivity index is 0. The molecule has 0 aromatic heterocycles. The first-order valence-corrected chi connectivity index (χ1v) is 5.49. The van der Waals surface area contributed by atoms with E-state index in [9.17, 15) is 9.13 Å². The van der Waals surface area contributed by atoms with Crippen molar-refractivity contribution in [1.29, 1.82) is 0 Å². The Morgan fingerprint density at radius 3 is 1.75 bits per heavy atom. The van der Waals surface area contributed by atoms with Gasteiger partial charge in [-0.3, -0.25) is 9.13 Å². The summed E-state index contributed by atoms with van der Waals surface area (Å²) in [5, 5.41) is 0. The van der Waals surface area contributed by atoms with Crippen LogP contribution in [0.3, 0.4) is 0 Å². The second-order valence-electron chi connectivity index (χ2n) is 1.27. The molecule has 0 aromatic carbocycles. The topological polar surface area (TPSA) is 105 Å². The molecule has 0 spiro atoms. The van der Waals surface area contributed by atoms with Crippen LogP contribution in [0.5, 0.6) is 0 Å². The van der Waals surface area contributed by atoms with Gasteiger partial charge in [0.1, 0.15) is 0 Å². The summed E-state index contributed by atoms with van der Waals surface area (Å²) in [4.78, 5) is 20.0. The summed E-state index contributed by atoms with van der Waals surface area (Å²) >= 11 is 0. The van der Waals surface area contributed by atoms with Crippen LogP contribution in [0.15, 0.2) is 0 Å². The number of rotatable bonds is 4. The van der Waals surface area contributed by atoms with Gasteiger partial charge in [-0.25, -0.2) is 9.79 Å². The highest BCUT2D eigenvalue weighted by Crippen LogP contribution is 2.30. The molecule has 0 aliphatic carbocycles. The molecule has 0 bridgehead atoms. The molecule has 0 saturated heterocycles. The van der Waals surface area contributed by atoms with E-state index in [1.165, 1.54) is 0 Å². The molecule has 76 valence electrons. The summed E-state index contributed by atoms with van der Waals surface area (Å²) in [7, 11) is -4.66. The lowest BCUT2D eigenvalue weighted by Crippen LogP contribution is -2.05. The minimum Gasteiger partial charge on any atom is -0.326 e. The zero-order chi connectivity index (χ0) is 9.98. The summed E-state index contributed by atoms with van der Waals surface area (Å²) in [5.41, 5.74) is 2.52. The molecule has 9 heteroatoms. The molecule has 0 fully saturated rings. The minimum atomic E-state index is -3.20. The smallest absolute Gasteiger partial charge is 0.323 e. The average Bonchev–Trinajstić information content (AvgIpc) is 1.87. The van der Waals surface area contributed by atoms with Crippen LogP contribution < -0.4 is 5.48 Å². The highest BCUT2D eigenvalue weighted by Gasteiger charge is 1.93. The lowest BCUT2D eigenvalue weighted by Gasteiger charge is -1.88. The molecule has 0 rings (SSSR count). The second-order valence-corrected chi connectivity index (χ2v) is 3.15. The molecule has 0 saturated carbocycles. The van der Waals surface area contributed by atoms with E-state index in [0.717, 1.165) is 6.61 Å². The molecule has 12 heavy (non-hydrogen) atoms. The lowest BCUT2D eigenvalue weighted by atomic mass is 10.9. The molecule has 0 radical (unpaired) electrons. The van der Waals surface area contributed by atoms with E-state index in [4.69, 9.17) is 9.79 Å². The minimum absolute atomic E-state index is 0.733. The highest BCUT2D eigenvalue weighted by atomic mass is 31.2. The van der Waals surface area contributed by atoms with E-state index < -0.39 is 16.5 Å². The molecule has 0 aliphatic rings. The van der Waals surface area contributed by atoms with Crippen molar-refractivity contribution in [2.75, 3.05) is 13.7 Å². The Labute approximate surface area is 71.6 Å². The van der Waals surface area contributed by atoms with Crippen molar-refractivity contribution in [3.8, 4) is 0 Å². The lowest BCUT2D eigenvalue weighted by molar-refractivity contribution is 0.0687. The van der Waals surface area contributed by atoms with Gasteiger partial charge in [0.15, 0.2) is 0 Å². The summed E-state index contributed by atoms with van der Waals surface area (Å²) in [6.07, 6.45) is 0. The van der Waals surface area contributed by atoms with E-state index in [-0.39, 0.29) is 0 Å². The third-order valence-corrected chi connectivity index (χ3v) is 1.86. The number of nitrogens with one attached hydrogen (secondary N) is 1. The Kier molecular flexibility index (Phi) is 13.9. The summed E-state index contributed by atoms with van der Waals surface area (Å²) < 4.78 is 22.3. The SMILES string of the molecule is CCONC.O=[PH](O)O[PH](=O)O. The third-order valence-electron chi connectivity index (χ3n) is 0.463. The molecule has 2 unspecified atom stereocenters. The van der Waals surface area contributed by atoms with E-state index >= 15 is 0 Å². The fourth-order valence-corrected chi connectivity index (χ4v) is 0.817. The van der Waals surface area contributed by atoms with Crippen LogP contribution in [0.1, 0.15) is 6.92 Å². The normalized spacial score (nSPS) is 14.3. The maximum atomic E-state index is 9.44. The van der Waals surface area contributed by atoms with Gasteiger partial charge in [0.05, 0.1) is 6.61 Å². The summed E-state index contributed by atoms with van der Waals surface area (Å²) in [6, 6.07) is 0. The quantitative estimate of drug-likeness (QED) is 0.450. The number of hydroxylamine groups is 1. The fraction of sp³-hybridized carbons (Fsp3) is 1.00. The molecular formula is C3H13NO6P2. The van der Waals surface area contributed by atoms with E-state index in [1.807, 2.05) is 6.92 Å². The summed E-state index contributed by atoms with van der Waals surface area (Å²) in [5.74, 6) is 0. The van der Waals surface area contributed by atoms with Crippen molar-refractivity contribution < 1.29 is 28.1 Å². The van der Waals surface area contributed by atoms with Gasteiger partial charge in [0, 0.05) is 7.05 Å². The zero-order valence-electron chi connectivity index (χ0n) is 6.73. The van der Waals surface area contributed by atoms with Crippen molar-refractivity contribution in [2.45, 2.75) is 6.92 Å². The zero-order valence-corrected chi connectivity index (χ0v) is 8.73. The highest BCUT2D eigenvalue weighted by molar-refractivity contribution is 7.46. The van der Waals surface area contributed by atoms with Crippen molar-refractivity contribution in [3.63, 3.8) is 0 Å². The van der Waals surface area contributed by atoms with Gasteiger partial charge in [-0.2, -0.15) is 0 Å². The van der Waals surface area contributed by atoms with Crippen LogP contribution in [0, 0.1) is 0 Å². The molecule has 0 amide bonds. The van der Waals surface area contributed by atoms with Crippen molar-refractivity contribution in [3.05, 3.63) is 0 Å². The number of hydrogen-bond donors (Lipinski definition) is 3. The Morgan fingerprint density at radius 2 is 1.75 bits per heavy atom. The van der Waals surface area contributed by atoms with Gasteiger partial charge in [0.25, 0.3) is 0 Å². The van der Waals surface area contributed by atoms with E-state index in [0.29, 0.717) is 0 Å². The van der Waals surface area contributed by atoms with Gasteiger partial charge in [0.2, 0.25) is 0 Å². The van der Waals surface area contributed by atoms with Gasteiger partial charge < -0.3 is 14.6 Å². The average molecular weight is 221 g/mol. The predicted octanol–water partition coefficient (Wildman–Crippen LogP) is -0.0757. The second kappa shape index (κ2) is 11.3. The molecular weight excluding hydrogens is 208 g/mol. The van der Waals surface area contributed by atoms with Crippen LogP contribution in [-0.2, 0) is 18.3 Å². The van der Waals surface area contributed by atoms with Gasteiger partial charge in [-0.05, 0) is 6.92 Å². The fourth-order valence-electron chi connectivity index (χ4n) is 0.219. The summed E-state index contributed by atoms with van der Waals surface area (Å²) in [6.45, 7) is 2.66. The Hall–Kier alpha value is 0.260. The van der Waals surface area contributed by atoms with Crippen LogP contribution in [0.2, 0.25) is 0 Å². The van der Waals surface area contributed by atoms with Crippen LogP contribution >= 0.6 is 16.5 Å². The van der Waals surface area contributed by atoms with Crippen LogP contribution in [0.4, 0.5) is 0 Å². The van der Waals surface area contributed by atoms with E-state index in [2.05, 4.69) is 14.6 Å². The van der Waals surface area contributed by atoms with Crippen LogP contribution in [0.25, 0.3) is 0 Å². The van der Waals surface area contributed by atoms with Gasteiger partial charge in [-0.1, -0.05) is 0 Å². The molecule has 3 N–H and O–H groups in total. The standard InChI is InChI=1S/C3H9NO.H4O5P2/c1-3-5-4-2;1-6(2)5-7(3)4/h4H,3H2,1-2H3;6-7H,(H,1,2)(H,3,4). The number of hydrogen-bond acceptors (Lipinski definition) is 5. The van der Waals surface area contributed by atoms with Crippen molar-refractivity contribution >= 4 is 16.5 Å². The Morgan fingerprint density at radius 1 is 1.33 bits per heavy atom. The third kappa shape index (κ3) is 22.5. The molecule has 2 atom stereocenters. The maximum absolute atomic E-state index is 9.44. The maximum Gasteiger partial charge on any atom is 0.323 e. The monoisotopic (exact) mass is 221 g/mol. The Bertz CT molecular complexity index is 127. The predicted molar refractivity (Wildman–Crippen MR) is 44.2 cm³/mol. The van der Waals surface area contributed by atoms with Crippen LogP contribution in [-0.4, -0.2) is 23.4 Å². The molecule has 0 aromatic rings. The molecule has 7 nitrogen and oxygen atoms in total. The van der Waals surface area contributed by atoms with E-state index in [1.54, 1.807) is 7.05 Å². The largest absolute Gasteiger partial charge is 0.326 e. The van der Waals surface area contributed by atoms with Gasteiger partial charge in [-0.15, -0.1) is 0 Å². The first-order valence-electron chi connectivity index (χ1n) is 2.96. The van der Waals surface area contributed by atoms with Crippen molar-refractivity contribution in [2.24, 2.45) is 0 Å². The molecule has 0 aliphatic heterocycles. The first kappa shape index (κ1) is 14.8. The first-order chi connectivity index (χ1) is 5.54.